The fraction of sp³-hybridized carbons (Fsp3) is 0.154. The third-order valence-corrected chi connectivity index (χ3v) is 6.23. The molecule has 1 saturated heterocycles. The normalized spacial score (nSPS) is 17.2. The van der Waals surface area contributed by atoms with Crippen molar-refractivity contribution in [2.45, 2.75) is 13.0 Å². The number of amides is 1. The number of carbonyl (C=O) groups excluding carboxylic acids is 2. The number of ketones is 1. The van der Waals surface area contributed by atoms with Crippen molar-refractivity contribution in [2.75, 3.05) is 19.1 Å². The summed E-state index contributed by atoms with van der Waals surface area (Å²) in [5, 5.41) is 11.8. The van der Waals surface area contributed by atoms with Gasteiger partial charge in [0.1, 0.15) is 17.3 Å². The van der Waals surface area contributed by atoms with E-state index in [0.29, 0.717) is 22.7 Å². The number of methoxy groups -OCH3 is 2. The average molecular weight is 498 g/mol. The molecule has 174 valence electrons. The molecule has 0 bridgehead atoms. The van der Waals surface area contributed by atoms with Gasteiger partial charge in [-0.05, 0) is 48.9 Å². The lowest BCUT2D eigenvalue weighted by Gasteiger charge is -2.26. The van der Waals surface area contributed by atoms with Crippen LogP contribution in [0.15, 0.2) is 66.2 Å². The third-order valence-electron chi connectivity index (χ3n) is 5.64. The Kier molecular flexibility index (Phi) is 6.55. The van der Waals surface area contributed by atoms with Crippen LogP contribution >= 0.6 is 23.2 Å². The van der Waals surface area contributed by atoms with Crippen molar-refractivity contribution in [1.82, 2.24) is 0 Å². The Morgan fingerprint density at radius 1 is 0.912 bits per heavy atom. The van der Waals surface area contributed by atoms with E-state index in [1.165, 1.54) is 25.2 Å². The van der Waals surface area contributed by atoms with Gasteiger partial charge in [-0.2, -0.15) is 0 Å². The second-order valence-electron chi connectivity index (χ2n) is 7.75. The van der Waals surface area contributed by atoms with Crippen LogP contribution in [-0.2, 0) is 9.59 Å². The molecule has 0 spiro atoms. The lowest BCUT2D eigenvalue weighted by Crippen LogP contribution is -2.29. The Morgan fingerprint density at radius 3 is 2.15 bits per heavy atom. The first-order chi connectivity index (χ1) is 16.3. The van der Waals surface area contributed by atoms with Crippen LogP contribution in [0.5, 0.6) is 11.5 Å². The molecule has 1 amide bonds. The Bertz CT molecular complexity index is 1330. The van der Waals surface area contributed by atoms with Gasteiger partial charge in [0, 0.05) is 11.3 Å². The fourth-order valence-electron chi connectivity index (χ4n) is 4.03. The number of halogens is 2. The SMILES string of the molecule is COc1ccc(/C(O)=C2\C(=O)C(=O)N(c3ccc(OC)c(Cl)c3)C2c2cccc(C)c2)cc1Cl. The monoisotopic (exact) mass is 497 g/mol. The smallest absolute Gasteiger partial charge is 0.300 e. The van der Waals surface area contributed by atoms with E-state index < -0.39 is 17.7 Å². The number of aryl methyl sites for hydroxylation is 1. The van der Waals surface area contributed by atoms with Crippen LogP contribution in [0, 0.1) is 6.92 Å². The zero-order valence-electron chi connectivity index (χ0n) is 18.6. The minimum absolute atomic E-state index is 0.0521. The van der Waals surface area contributed by atoms with Gasteiger partial charge in [0.25, 0.3) is 11.7 Å². The van der Waals surface area contributed by atoms with E-state index in [-0.39, 0.29) is 26.9 Å². The molecule has 0 aliphatic carbocycles. The van der Waals surface area contributed by atoms with Crippen molar-refractivity contribution in [3.05, 3.63) is 93.0 Å². The van der Waals surface area contributed by atoms with E-state index in [1.54, 1.807) is 36.4 Å². The number of ether oxygens (including phenoxy) is 2. The molecule has 0 aromatic heterocycles. The fourth-order valence-corrected chi connectivity index (χ4v) is 4.54. The number of aliphatic hydroxyl groups excluding tert-OH is 1. The molecule has 34 heavy (non-hydrogen) atoms. The summed E-state index contributed by atoms with van der Waals surface area (Å²) in [6, 6.07) is 16.0. The van der Waals surface area contributed by atoms with E-state index in [4.69, 9.17) is 32.7 Å². The molecule has 1 aliphatic heterocycles. The topological polar surface area (TPSA) is 76.1 Å². The first-order valence-corrected chi connectivity index (χ1v) is 11.1. The van der Waals surface area contributed by atoms with Crippen LogP contribution in [0.25, 0.3) is 5.76 Å². The van der Waals surface area contributed by atoms with Crippen LogP contribution in [-0.4, -0.2) is 31.0 Å². The second-order valence-corrected chi connectivity index (χ2v) is 8.57. The van der Waals surface area contributed by atoms with Crippen LogP contribution in [0.3, 0.4) is 0 Å². The number of rotatable bonds is 5. The van der Waals surface area contributed by atoms with Crippen LogP contribution in [0.4, 0.5) is 5.69 Å². The summed E-state index contributed by atoms with van der Waals surface area (Å²) in [5.41, 5.74) is 2.22. The number of carbonyl (C=O) groups is 2. The quantitative estimate of drug-likeness (QED) is 0.268. The molecule has 0 saturated carbocycles. The molecular weight excluding hydrogens is 477 g/mol. The minimum Gasteiger partial charge on any atom is -0.507 e. The highest BCUT2D eigenvalue weighted by Crippen LogP contribution is 2.44. The van der Waals surface area contributed by atoms with Crippen molar-refractivity contribution in [1.29, 1.82) is 0 Å². The summed E-state index contributed by atoms with van der Waals surface area (Å²) < 4.78 is 10.4. The maximum absolute atomic E-state index is 13.3. The molecule has 4 rings (SSSR count). The van der Waals surface area contributed by atoms with Gasteiger partial charge in [-0.1, -0.05) is 53.0 Å². The summed E-state index contributed by atoms with van der Waals surface area (Å²) in [5.74, 6) is -1.09. The number of hydrogen-bond donors (Lipinski definition) is 1. The van der Waals surface area contributed by atoms with Crippen molar-refractivity contribution in [3.63, 3.8) is 0 Å². The van der Waals surface area contributed by atoms with E-state index in [2.05, 4.69) is 0 Å². The molecule has 1 heterocycles. The van der Waals surface area contributed by atoms with Crippen molar-refractivity contribution >= 4 is 46.3 Å². The number of nitrogens with zero attached hydrogens (tertiary/aromatic N) is 1. The Morgan fingerprint density at radius 2 is 1.56 bits per heavy atom. The van der Waals surface area contributed by atoms with Crippen molar-refractivity contribution < 1.29 is 24.2 Å². The highest BCUT2D eigenvalue weighted by Gasteiger charge is 2.47. The van der Waals surface area contributed by atoms with Gasteiger partial charge in [0.2, 0.25) is 0 Å². The summed E-state index contributed by atoms with van der Waals surface area (Å²) in [4.78, 5) is 27.9. The van der Waals surface area contributed by atoms with E-state index in [9.17, 15) is 14.7 Å². The number of hydrogen-bond acceptors (Lipinski definition) is 5. The minimum atomic E-state index is -0.884. The molecule has 1 fully saturated rings. The highest BCUT2D eigenvalue weighted by molar-refractivity contribution is 6.52. The molecule has 8 heteroatoms. The van der Waals surface area contributed by atoms with E-state index >= 15 is 0 Å². The summed E-state index contributed by atoms with van der Waals surface area (Å²) in [6.07, 6.45) is 0. The predicted molar refractivity (Wildman–Crippen MR) is 132 cm³/mol. The predicted octanol–water partition coefficient (Wildman–Crippen LogP) is 5.95. The summed E-state index contributed by atoms with van der Waals surface area (Å²) >= 11 is 12.6. The zero-order chi connectivity index (χ0) is 24.6. The average Bonchev–Trinajstić information content (AvgIpc) is 3.09. The van der Waals surface area contributed by atoms with Crippen molar-refractivity contribution in [2.24, 2.45) is 0 Å². The standard InChI is InChI=1S/C26H21Cl2NO5/c1-14-5-4-6-15(11-14)23-22(24(30)16-7-9-20(33-2)18(27)12-16)25(31)26(32)29(23)17-8-10-21(34-3)19(28)13-17/h4-13,23,30H,1-3H3/b24-22+. The lowest BCUT2D eigenvalue weighted by atomic mass is 9.94. The molecule has 3 aromatic carbocycles. The van der Waals surface area contributed by atoms with Crippen molar-refractivity contribution in [3.8, 4) is 11.5 Å². The Labute approximate surface area is 206 Å². The van der Waals surface area contributed by atoms with Crippen LogP contribution in [0.2, 0.25) is 10.0 Å². The number of aliphatic hydroxyl groups is 1. The Balaban J connectivity index is 1.94. The molecule has 1 atom stereocenters. The van der Waals surface area contributed by atoms with Gasteiger partial charge in [-0.15, -0.1) is 0 Å². The van der Waals surface area contributed by atoms with Gasteiger partial charge in [0.15, 0.2) is 0 Å². The number of Topliss-reactive ketones (excluding diaryl/α,β-unsaturated/α-hetero) is 1. The molecule has 3 aromatic rings. The van der Waals surface area contributed by atoms with E-state index in [0.717, 1.165) is 5.56 Å². The van der Waals surface area contributed by atoms with Gasteiger partial charge < -0.3 is 14.6 Å². The molecular formula is C26H21Cl2NO5. The van der Waals surface area contributed by atoms with E-state index in [1.807, 2.05) is 25.1 Å². The number of benzene rings is 3. The maximum Gasteiger partial charge on any atom is 0.300 e. The van der Waals surface area contributed by atoms with Crippen LogP contribution in [0.1, 0.15) is 22.7 Å². The van der Waals surface area contributed by atoms with Gasteiger partial charge in [0.05, 0.1) is 35.9 Å². The van der Waals surface area contributed by atoms with Gasteiger partial charge >= 0.3 is 0 Å². The molecule has 1 N–H and O–H groups in total. The zero-order valence-corrected chi connectivity index (χ0v) is 20.1. The maximum atomic E-state index is 13.3. The second kappa shape index (κ2) is 9.41. The van der Waals surface area contributed by atoms with Gasteiger partial charge in [-0.25, -0.2) is 0 Å². The summed E-state index contributed by atoms with van der Waals surface area (Å²) in [7, 11) is 2.96. The highest BCUT2D eigenvalue weighted by atomic mass is 35.5. The molecule has 1 aliphatic rings. The third kappa shape index (κ3) is 4.11. The number of anilines is 1. The molecule has 0 radical (unpaired) electrons. The largest absolute Gasteiger partial charge is 0.507 e. The summed E-state index contributed by atoms with van der Waals surface area (Å²) in [6.45, 7) is 1.91. The van der Waals surface area contributed by atoms with Gasteiger partial charge in [-0.3, -0.25) is 14.5 Å². The first kappa shape index (κ1) is 23.7. The van der Waals surface area contributed by atoms with Crippen LogP contribution < -0.4 is 14.4 Å². The molecule has 1 unspecified atom stereocenters. The molecule has 6 nitrogen and oxygen atoms in total. The lowest BCUT2D eigenvalue weighted by molar-refractivity contribution is -0.132. The first-order valence-electron chi connectivity index (χ1n) is 10.3. The Hall–Kier alpha value is -3.48.